The summed E-state index contributed by atoms with van der Waals surface area (Å²) >= 11 is 12.8. The number of hydrogen-bond donors (Lipinski definition) is 2. The molecule has 4 rings (SSSR count). The van der Waals surface area contributed by atoms with Crippen molar-refractivity contribution in [3.05, 3.63) is 63.1 Å². The van der Waals surface area contributed by atoms with E-state index < -0.39 is 17.4 Å². The average Bonchev–Trinajstić information content (AvgIpc) is 2.95. The Bertz CT molecular complexity index is 1010. The molecule has 158 valence electrons. The number of amides is 2. The van der Waals surface area contributed by atoms with Crippen LogP contribution in [0.15, 0.2) is 36.4 Å². The van der Waals surface area contributed by atoms with E-state index in [1.54, 1.807) is 24.3 Å². The molecule has 0 bridgehead atoms. The molecule has 0 radical (unpaired) electrons. The predicted octanol–water partition coefficient (Wildman–Crippen LogP) is 2.01. The summed E-state index contributed by atoms with van der Waals surface area (Å²) in [5.41, 5.74) is 4.34. The van der Waals surface area contributed by atoms with Crippen molar-refractivity contribution < 1.29 is 19.4 Å². The third kappa shape index (κ3) is 3.46. The molecule has 1 atom stereocenters. The summed E-state index contributed by atoms with van der Waals surface area (Å²) < 4.78 is 5.37. The van der Waals surface area contributed by atoms with Gasteiger partial charge in [-0.1, -0.05) is 41.4 Å². The molecule has 3 N–H and O–H groups in total. The molecule has 2 amide bonds. The van der Waals surface area contributed by atoms with Gasteiger partial charge in [-0.25, -0.2) is 0 Å². The Labute approximate surface area is 183 Å². The molecular weight excluding hydrogens is 429 g/mol. The SMILES string of the molecule is NC(=O)c1cc(Cl)c2c(c1)N(CCN1CCOCC1)C(=O)C2(O)c1ccccc1Cl. The summed E-state index contributed by atoms with van der Waals surface area (Å²) in [5, 5.41) is 12.0. The van der Waals surface area contributed by atoms with Crippen molar-refractivity contribution in [2.75, 3.05) is 44.3 Å². The van der Waals surface area contributed by atoms with Gasteiger partial charge in [0, 0.05) is 47.9 Å². The molecule has 0 aliphatic carbocycles. The van der Waals surface area contributed by atoms with E-state index >= 15 is 0 Å². The van der Waals surface area contributed by atoms with Crippen LogP contribution >= 0.6 is 23.2 Å². The van der Waals surface area contributed by atoms with E-state index in [4.69, 9.17) is 33.7 Å². The van der Waals surface area contributed by atoms with Gasteiger partial charge < -0.3 is 20.5 Å². The van der Waals surface area contributed by atoms with E-state index in [0.29, 0.717) is 32.0 Å². The van der Waals surface area contributed by atoms with Crippen LogP contribution in [0.1, 0.15) is 21.5 Å². The zero-order valence-corrected chi connectivity index (χ0v) is 17.6. The van der Waals surface area contributed by atoms with E-state index in [1.165, 1.54) is 17.0 Å². The lowest BCUT2D eigenvalue weighted by Gasteiger charge is -2.29. The second-order valence-corrected chi connectivity index (χ2v) is 8.13. The fourth-order valence-electron chi connectivity index (χ4n) is 4.01. The van der Waals surface area contributed by atoms with E-state index in [-0.39, 0.29) is 26.7 Å². The number of aliphatic hydroxyl groups is 1. The molecule has 1 unspecified atom stereocenters. The highest BCUT2D eigenvalue weighted by molar-refractivity contribution is 6.35. The third-order valence-corrected chi connectivity index (χ3v) is 6.20. The van der Waals surface area contributed by atoms with Gasteiger partial charge in [0.25, 0.3) is 5.91 Å². The Morgan fingerprint density at radius 3 is 2.50 bits per heavy atom. The van der Waals surface area contributed by atoms with Crippen molar-refractivity contribution in [1.82, 2.24) is 4.90 Å². The number of rotatable bonds is 5. The zero-order valence-electron chi connectivity index (χ0n) is 16.1. The van der Waals surface area contributed by atoms with Crippen LogP contribution in [0, 0.1) is 0 Å². The number of primary amides is 1. The fourth-order valence-corrected chi connectivity index (χ4v) is 4.63. The maximum Gasteiger partial charge on any atom is 0.268 e. The molecule has 2 aromatic carbocycles. The van der Waals surface area contributed by atoms with Crippen molar-refractivity contribution in [2.24, 2.45) is 5.73 Å². The first-order valence-corrected chi connectivity index (χ1v) is 10.3. The van der Waals surface area contributed by atoms with Crippen LogP contribution in [-0.2, 0) is 15.1 Å². The van der Waals surface area contributed by atoms with Gasteiger partial charge in [0.05, 0.1) is 23.9 Å². The van der Waals surface area contributed by atoms with E-state index in [0.717, 1.165) is 13.1 Å². The smallest absolute Gasteiger partial charge is 0.268 e. The largest absolute Gasteiger partial charge is 0.379 e. The van der Waals surface area contributed by atoms with Gasteiger partial charge in [0.15, 0.2) is 5.60 Å². The van der Waals surface area contributed by atoms with Crippen molar-refractivity contribution in [3.8, 4) is 0 Å². The molecule has 0 spiro atoms. The number of halogens is 2. The quantitative estimate of drug-likeness (QED) is 0.727. The second kappa shape index (κ2) is 8.17. The lowest BCUT2D eigenvalue weighted by atomic mass is 9.87. The average molecular weight is 450 g/mol. The minimum atomic E-state index is -2.06. The van der Waals surface area contributed by atoms with E-state index in [2.05, 4.69) is 4.90 Å². The second-order valence-electron chi connectivity index (χ2n) is 7.32. The Kier molecular flexibility index (Phi) is 5.74. The minimum absolute atomic E-state index is 0.0749. The Hall–Kier alpha value is -2.16. The maximum atomic E-state index is 13.5. The third-order valence-electron chi connectivity index (χ3n) is 5.57. The van der Waals surface area contributed by atoms with Gasteiger partial charge in [-0.2, -0.15) is 0 Å². The highest BCUT2D eigenvalue weighted by Gasteiger charge is 2.53. The first kappa shape index (κ1) is 21.1. The lowest BCUT2D eigenvalue weighted by Crippen LogP contribution is -2.46. The number of nitrogens with zero attached hydrogens (tertiary/aromatic N) is 2. The minimum Gasteiger partial charge on any atom is -0.379 e. The highest BCUT2D eigenvalue weighted by atomic mass is 35.5. The summed E-state index contributed by atoms with van der Waals surface area (Å²) in [7, 11) is 0. The van der Waals surface area contributed by atoms with Crippen LogP contribution in [0.5, 0.6) is 0 Å². The topological polar surface area (TPSA) is 96.1 Å². The molecule has 0 saturated carbocycles. The van der Waals surface area contributed by atoms with Gasteiger partial charge in [-0.15, -0.1) is 0 Å². The van der Waals surface area contributed by atoms with Crippen molar-refractivity contribution in [1.29, 1.82) is 0 Å². The summed E-state index contributed by atoms with van der Waals surface area (Å²) in [5.74, 6) is -1.24. The first-order valence-electron chi connectivity index (χ1n) is 9.57. The molecule has 7 nitrogen and oxygen atoms in total. The number of fused-ring (bicyclic) bond motifs is 1. The zero-order chi connectivity index (χ0) is 21.5. The number of carbonyl (C=O) groups is 2. The van der Waals surface area contributed by atoms with Crippen LogP contribution in [0.4, 0.5) is 5.69 Å². The van der Waals surface area contributed by atoms with Crippen molar-refractivity contribution in [2.45, 2.75) is 5.60 Å². The van der Waals surface area contributed by atoms with Gasteiger partial charge in [0.2, 0.25) is 5.91 Å². The fraction of sp³-hybridized carbons (Fsp3) is 0.333. The number of hydrogen-bond acceptors (Lipinski definition) is 5. The molecular formula is C21H21Cl2N3O4. The van der Waals surface area contributed by atoms with Gasteiger partial charge in [0.1, 0.15) is 0 Å². The number of nitrogens with two attached hydrogens (primary N) is 1. The Morgan fingerprint density at radius 1 is 1.13 bits per heavy atom. The molecule has 2 aliphatic rings. The molecule has 0 aromatic heterocycles. The standard InChI is InChI=1S/C21H21Cl2N3O4/c22-15-4-2-1-3-14(15)21(29)18-16(23)11-13(19(24)27)12-17(18)26(20(21)28)6-5-25-7-9-30-10-8-25/h1-4,11-12,29H,5-10H2,(H2,24,27). The predicted molar refractivity (Wildman–Crippen MR) is 114 cm³/mol. The molecule has 1 fully saturated rings. The van der Waals surface area contributed by atoms with Gasteiger partial charge in [-0.05, 0) is 18.2 Å². The number of anilines is 1. The lowest BCUT2D eigenvalue weighted by molar-refractivity contribution is -0.132. The molecule has 30 heavy (non-hydrogen) atoms. The van der Waals surface area contributed by atoms with Crippen LogP contribution in [0.2, 0.25) is 10.0 Å². The molecule has 1 saturated heterocycles. The van der Waals surface area contributed by atoms with Crippen LogP contribution < -0.4 is 10.6 Å². The first-order chi connectivity index (χ1) is 14.3. The summed E-state index contributed by atoms with van der Waals surface area (Å²) in [6, 6.07) is 9.45. The number of carbonyl (C=O) groups excluding carboxylic acids is 2. The summed E-state index contributed by atoms with van der Waals surface area (Å²) in [4.78, 5) is 28.9. The molecule has 2 heterocycles. The van der Waals surface area contributed by atoms with Crippen molar-refractivity contribution >= 4 is 40.7 Å². The van der Waals surface area contributed by atoms with Gasteiger partial charge in [-0.3, -0.25) is 14.5 Å². The molecule has 2 aliphatic heterocycles. The van der Waals surface area contributed by atoms with E-state index in [1.807, 2.05) is 0 Å². The van der Waals surface area contributed by atoms with Crippen LogP contribution in [-0.4, -0.2) is 61.2 Å². The summed E-state index contributed by atoms with van der Waals surface area (Å²) in [6.45, 7) is 3.65. The number of ether oxygens (including phenoxy) is 1. The van der Waals surface area contributed by atoms with Crippen LogP contribution in [0.3, 0.4) is 0 Å². The van der Waals surface area contributed by atoms with Crippen molar-refractivity contribution in [3.63, 3.8) is 0 Å². The Balaban J connectivity index is 1.80. The normalized spacial score (nSPS) is 21.7. The summed E-state index contributed by atoms with van der Waals surface area (Å²) in [6.07, 6.45) is 0. The monoisotopic (exact) mass is 449 g/mol. The van der Waals surface area contributed by atoms with Gasteiger partial charge >= 0.3 is 0 Å². The molecule has 2 aromatic rings. The number of benzene rings is 2. The van der Waals surface area contributed by atoms with Crippen LogP contribution in [0.25, 0.3) is 0 Å². The van der Waals surface area contributed by atoms with E-state index in [9.17, 15) is 14.7 Å². The Morgan fingerprint density at radius 2 is 1.83 bits per heavy atom. The number of morpholine rings is 1. The molecule has 9 heteroatoms. The maximum absolute atomic E-state index is 13.5. The highest BCUT2D eigenvalue weighted by Crippen LogP contribution is 2.49.